The first-order valence-corrected chi connectivity index (χ1v) is 6.84. The number of ether oxygens (including phenoxy) is 2. The lowest BCUT2D eigenvalue weighted by Gasteiger charge is -2.09. The monoisotopic (exact) mass is 274 g/mol. The number of nitrogen functional groups attached to an aromatic ring is 1. The van der Waals surface area contributed by atoms with E-state index in [0.717, 1.165) is 6.54 Å². The van der Waals surface area contributed by atoms with Gasteiger partial charge in [0.25, 0.3) is 0 Å². The van der Waals surface area contributed by atoms with E-state index in [1.807, 2.05) is 13.1 Å². The summed E-state index contributed by atoms with van der Waals surface area (Å²) in [5.74, 6) is 2.21. The largest absolute Gasteiger partial charge is 0.476 e. The highest BCUT2D eigenvalue weighted by Crippen LogP contribution is 2.31. The van der Waals surface area contributed by atoms with E-state index in [2.05, 4.69) is 10.1 Å². The van der Waals surface area contributed by atoms with E-state index in [1.165, 1.54) is 12.8 Å². The second-order valence-electron chi connectivity index (χ2n) is 4.93. The zero-order valence-electron chi connectivity index (χ0n) is 11.5. The first kappa shape index (κ1) is 12.8. The van der Waals surface area contributed by atoms with E-state index >= 15 is 0 Å². The van der Waals surface area contributed by atoms with Crippen molar-refractivity contribution in [2.45, 2.75) is 26.3 Å². The van der Waals surface area contributed by atoms with Gasteiger partial charge in [0, 0.05) is 12.6 Å². The number of aryl methyl sites for hydroxylation is 1. The van der Waals surface area contributed by atoms with Crippen molar-refractivity contribution in [1.29, 1.82) is 0 Å². The smallest absolute Gasteiger partial charge is 0.240 e. The van der Waals surface area contributed by atoms with Gasteiger partial charge in [-0.05, 0) is 31.7 Å². The molecule has 106 valence electrons. The zero-order valence-corrected chi connectivity index (χ0v) is 11.5. The highest BCUT2D eigenvalue weighted by atomic mass is 16.5. The van der Waals surface area contributed by atoms with E-state index in [-0.39, 0.29) is 0 Å². The number of rotatable bonds is 6. The number of hydrogen-bond acceptors (Lipinski definition) is 5. The number of pyridine rings is 1. The Hall–Kier alpha value is -2.24. The molecule has 2 N–H and O–H groups in total. The van der Waals surface area contributed by atoms with Crippen LogP contribution in [-0.4, -0.2) is 21.4 Å². The Morgan fingerprint density at radius 3 is 2.95 bits per heavy atom. The minimum atomic E-state index is 0.442. The van der Waals surface area contributed by atoms with Crippen LogP contribution in [0.25, 0.3) is 0 Å². The topological polar surface area (TPSA) is 75.2 Å². The van der Waals surface area contributed by atoms with Crippen molar-refractivity contribution in [1.82, 2.24) is 14.8 Å². The molecular weight excluding hydrogens is 256 g/mol. The van der Waals surface area contributed by atoms with Crippen molar-refractivity contribution in [2.75, 3.05) is 12.3 Å². The summed E-state index contributed by atoms with van der Waals surface area (Å²) >= 11 is 0. The molecule has 2 aromatic heterocycles. The first-order chi connectivity index (χ1) is 9.74. The predicted octanol–water partition coefficient (Wildman–Crippen LogP) is 2.46. The van der Waals surface area contributed by atoms with E-state index in [0.29, 0.717) is 35.7 Å². The van der Waals surface area contributed by atoms with Crippen molar-refractivity contribution >= 4 is 5.69 Å². The summed E-state index contributed by atoms with van der Waals surface area (Å²) in [6, 6.07) is 3.47. The molecule has 2 heterocycles. The van der Waals surface area contributed by atoms with Crippen molar-refractivity contribution in [3.05, 3.63) is 24.5 Å². The number of aromatic nitrogens is 3. The minimum absolute atomic E-state index is 0.442. The maximum atomic E-state index is 5.86. The van der Waals surface area contributed by atoms with Crippen LogP contribution in [0, 0.1) is 5.92 Å². The fourth-order valence-corrected chi connectivity index (χ4v) is 1.78. The standard InChI is InChI=1S/C14H18N4O2/c1-2-18-8-11(7-16-18)20-13-6-5-12(15)14(17-13)19-9-10-3-4-10/h5-8,10H,2-4,9,15H2,1H3. The quantitative estimate of drug-likeness (QED) is 0.875. The molecule has 6 nitrogen and oxygen atoms in total. The molecule has 0 saturated heterocycles. The lowest BCUT2D eigenvalue weighted by molar-refractivity contribution is 0.286. The molecule has 1 saturated carbocycles. The summed E-state index contributed by atoms with van der Waals surface area (Å²) in [7, 11) is 0. The van der Waals surface area contributed by atoms with Crippen LogP contribution in [0.1, 0.15) is 19.8 Å². The Morgan fingerprint density at radius 2 is 2.25 bits per heavy atom. The molecule has 1 fully saturated rings. The second-order valence-corrected chi connectivity index (χ2v) is 4.93. The molecule has 0 bridgehead atoms. The average molecular weight is 274 g/mol. The van der Waals surface area contributed by atoms with E-state index in [4.69, 9.17) is 15.2 Å². The fourth-order valence-electron chi connectivity index (χ4n) is 1.78. The van der Waals surface area contributed by atoms with Crippen molar-refractivity contribution in [2.24, 2.45) is 5.92 Å². The van der Waals surface area contributed by atoms with E-state index in [9.17, 15) is 0 Å². The maximum absolute atomic E-state index is 5.86. The van der Waals surface area contributed by atoms with Crippen LogP contribution in [0.2, 0.25) is 0 Å². The molecule has 0 unspecified atom stereocenters. The van der Waals surface area contributed by atoms with Gasteiger partial charge in [0.1, 0.15) is 0 Å². The normalized spacial score (nSPS) is 14.2. The van der Waals surface area contributed by atoms with Gasteiger partial charge < -0.3 is 15.2 Å². The van der Waals surface area contributed by atoms with Gasteiger partial charge in [-0.2, -0.15) is 10.1 Å². The fraction of sp³-hybridized carbons (Fsp3) is 0.429. The second kappa shape index (κ2) is 5.40. The van der Waals surface area contributed by atoms with Gasteiger partial charge in [0.05, 0.1) is 24.7 Å². The summed E-state index contributed by atoms with van der Waals surface area (Å²) in [5.41, 5.74) is 6.39. The van der Waals surface area contributed by atoms with Crippen molar-refractivity contribution in [3.63, 3.8) is 0 Å². The number of nitrogens with zero attached hydrogens (tertiary/aromatic N) is 3. The number of hydrogen-bond donors (Lipinski definition) is 1. The Balaban J connectivity index is 1.70. The van der Waals surface area contributed by atoms with Crippen LogP contribution in [-0.2, 0) is 6.54 Å². The highest BCUT2D eigenvalue weighted by molar-refractivity contribution is 5.49. The summed E-state index contributed by atoms with van der Waals surface area (Å²) in [4.78, 5) is 4.30. The molecule has 1 aliphatic carbocycles. The lowest BCUT2D eigenvalue weighted by atomic mass is 10.4. The molecule has 1 aliphatic rings. The van der Waals surface area contributed by atoms with Gasteiger partial charge >= 0.3 is 0 Å². The molecule has 6 heteroatoms. The number of anilines is 1. The van der Waals surface area contributed by atoms with E-state index < -0.39 is 0 Å². The van der Waals surface area contributed by atoms with Gasteiger partial charge in [-0.1, -0.05) is 0 Å². The average Bonchev–Trinajstić information content (AvgIpc) is 3.18. The zero-order chi connectivity index (χ0) is 13.9. The summed E-state index contributed by atoms with van der Waals surface area (Å²) in [6.07, 6.45) is 5.94. The predicted molar refractivity (Wildman–Crippen MR) is 74.8 cm³/mol. The molecule has 20 heavy (non-hydrogen) atoms. The van der Waals surface area contributed by atoms with Gasteiger partial charge in [-0.15, -0.1) is 0 Å². The molecule has 0 aliphatic heterocycles. The minimum Gasteiger partial charge on any atom is -0.476 e. The molecule has 2 aromatic rings. The van der Waals surface area contributed by atoms with Crippen LogP contribution < -0.4 is 15.2 Å². The lowest BCUT2D eigenvalue weighted by Crippen LogP contribution is -2.04. The Kier molecular flexibility index (Phi) is 3.45. The Morgan fingerprint density at radius 1 is 1.40 bits per heavy atom. The molecule has 0 radical (unpaired) electrons. The van der Waals surface area contributed by atoms with Crippen LogP contribution >= 0.6 is 0 Å². The maximum Gasteiger partial charge on any atom is 0.240 e. The van der Waals surface area contributed by atoms with Crippen LogP contribution in [0.5, 0.6) is 17.5 Å². The Bertz CT molecular complexity index is 593. The number of nitrogens with two attached hydrogens (primary N) is 1. The van der Waals surface area contributed by atoms with Gasteiger partial charge in [0.2, 0.25) is 11.8 Å². The molecule has 0 atom stereocenters. The van der Waals surface area contributed by atoms with Crippen LogP contribution in [0.15, 0.2) is 24.5 Å². The highest BCUT2D eigenvalue weighted by Gasteiger charge is 2.22. The first-order valence-electron chi connectivity index (χ1n) is 6.84. The summed E-state index contributed by atoms with van der Waals surface area (Å²) < 4.78 is 13.1. The van der Waals surface area contributed by atoms with Crippen molar-refractivity contribution < 1.29 is 9.47 Å². The van der Waals surface area contributed by atoms with Crippen LogP contribution in [0.4, 0.5) is 5.69 Å². The molecule has 3 rings (SSSR count). The van der Waals surface area contributed by atoms with Crippen molar-refractivity contribution in [3.8, 4) is 17.5 Å². The van der Waals surface area contributed by atoms with Gasteiger partial charge in [-0.25, -0.2) is 0 Å². The summed E-state index contributed by atoms with van der Waals surface area (Å²) in [6.45, 7) is 3.49. The summed E-state index contributed by atoms with van der Waals surface area (Å²) in [5, 5.41) is 4.15. The van der Waals surface area contributed by atoms with Gasteiger partial charge in [0.15, 0.2) is 5.75 Å². The van der Waals surface area contributed by atoms with Crippen LogP contribution in [0.3, 0.4) is 0 Å². The SMILES string of the molecule is CCn1cc(Oc2ccc(N)c(OCC3CC3)n2)cn1. The third kappa shape index (κ3) is 3.01. The molecular formula is C14H18N4O2. The van der Waals surface area contributed by atoms with Gasteiger partial charge in [-0.3, -0.25) is 4.68 Å². The molecule has 0 spiro atoms. The molecule has 0 amide bonds. The third-order valence-corrected chi connectivity index (χ3v) is 3.17. The Labute approximate surface area is 117 Å². The van der Waals surface area contributed by atoms with E-state index in [1.54, 1.807) is 23.0 Å². The third-order valence-electron chi connectivity index (χ3n) is 3.17. The molecule has 0 aromatic carbocycles.